The number of amides is 1. The van der Waals surface area contributed by atoms with Crippen LogP contribution in [0.3, 0.4) is 0 Å². The average Bonchev–Trinajstić information content (AvgIpc) is 2.59. The quantitative estimate of drug-likeness (QED) is 0.718. The molecule has 0 bridgehead atoms. The zero-order chi connectivity index (χ0) is 16.5. The van der Waals surface area contributed by atoms with Gasteiger partial charge < -0.3 is 10.1 Å². The number of carbonyl (C=O) groups is 1. The Bertz CT molecular complexity index is 486. The molecule has 1 aromatic carbocycles. The minimum atomic E-state index is -0.407. The normalized spacial score (nSPS) is 16.8. The number of hydrogen-bond acceptors (Lipinski definition) is 3. The van der Waals surface area contributed by atoms with Crippen LogP contribution in [0.4, 0.5) is 0 Å². The van der Waals surface area contributed by atoms with Crippen LogP contribution in [0, 0.1) is 6.92 Å². The number of thioether (sulfide) groups is 1. The van der Waals surface area contributed by atoms with Crippen LogP contribution in [0.25, 0.3) is 0 Å². The van der Waals surface area contributed by atoms with E-state index in [1.165, 1.54) is 32.1 Å². The molecule has 4 heteroatoms. The van der Waals surface area contributed by atoms with Gasteiger partial charge in [0.15, 0.2) is 6.10 Å². The molecule has 3 nitrogen and oxygen atoms in total. The summed E-state index contributed by atoms with van der Waals surface area (Å²) in [5, 5.41) is 3.83. The molecular weight excluding hydrogens is 306 g/mol. The van der Waals surface area contributed by atoms with Gasteiger partial charge in [0.05, 0.1) is 0 Å². The fraction of sp³-hybridized carbons (Fsp3) is 0.632. The summed E-state index contributed by atoms with van der Waals surface area (Å²) in [5.41, 5.74) is 1.06. The zero-order valence-corrected chi connectivity index (χ0v) is 15.2. The second-order valence-electron chi connectivity index (χ2n) is 6.20. The summed E-state index contributed by atoms with van der Waals surface area (Å²) < 4.78 is 5.88. The second kappa shape index (κ2) is 9.86. The van der Waals surface area contributed by atoms with E-state index >= 15 is 0 Å². The summed E-state index contributed by atoms with van der Waals surface area (Å²) in [6, 6.07) is 7.84. The molecule has 128 valence electrons. The molecule has 2 rings (SSSR count). The van der Waals surface area contributed by atoms with Crippen molar-refractivity contribution in [3.63, 3.8) is 0 Å². The van der Waals surface area contributed by atoms with Gasteiger partial charge in [-0.3, -0.25) is 4.79 Å². The molecule has 1 aromatic rings. The Kier molecular flexibility index (Phi) is 7.80. The molecular formula is C19H29NO2S. The zero-order valence-electron chi connectivity index (χ0n) is 14.3. The molecule has 0 aliphatic heterocycles. The van der Waals surface area contributed by atoms with Crippen molar-refractivity contribution in [2.75, 3.05) is 12.3 Å². The van der Waals surface area contributed by atoms with Crippen molar-refractivity contribution in [3.05, 3.63) is 29.8 Å². The Hall–Kier alpha value is -1.16. The molecule has 0 heterocycles. The van der Waals surface area contributed by atoms with Crippen molar-refractivity contribution in [2.24, 2.45) is 0 Å². The number of hydrogen-bond donors (Lipinski definition) is 1. The average molecular weight is 336 g/mol. The van der Waals surface area contributed by atoms with E-state index in [1.54, 1.807) is 0 Å². The lowest BCUT2D eigenvalue weighted by Gasteiger charge is -2.21. The fourth-order valence-corrected chi connectivity index (χ4v) is 4.13. The van der Waals surface area contributed by atoms with Crippen molar-refractivity contribution >= 4 is 17.7 Å². The molecule has 1 aliphatic carbocycles. The van der Waals surface area contributed by atoms with Crippen LogP contribution >= 0.6 is 11.8 Å². The number of aryl methyl sites for hydroxylation is 1. The largest absolute Gasteiger partial charge is 0.480 e. The highest BCUT2D eigenvalue weighted by Crippen LogP contribution is 2.27. The first-order valence-corrected chi connectivity index (χ1v) is 9.87. The summed E-state index contributed by atoms with van der Waals surface area (Å²) in [6.07, 6.45) is 7.08. The number of para-hydroxylation sites is 1. The van der Waals surface area contributed by atoms with Crippen LogP contribution in [0.5, 0.6) is 5.75 Å². The third-order valence-corrected chi connectivity index (χ3v) is 5.72. The molecule has 1 atom stereocenters. The second-order valence-corrected chi connectivity index (χ2v) is 7.61. The van der Waals surface area contributed by atoms with Gasteiger partial charge in [0.25, 0.3) is 5.91 Å². The molecule has 0 unspecified atom stereocenters. The van der Waals surface area contributed by atoms with Gasteiger partial charge in [-0.2, -0.15) is 11.8 Å². The van der Waals surface area contributed by atoms with Crippen LogP contribution in [-0.4, -0.2) is 29.6 Å². The van der Waals surface area contributed by atoms with Gasteiger partial charge in [0.1, 0.15) is 5.75 Å². The number of nitrogens with one attached hydrogen (secondary N) is 1. The number of benzene rings is 1. The standard InChI is InChI=1S/C19H29NO2S/c1-3-17(22-18-12-8-7-9-15(18)2)19(21)20-13-14-23-16-10-5-4-6-11-16/h7-9,12,16-17H,3-6,10-11,13-14H2,1-2H3,(H,20,21)/t17-/m0/s1. The van der Waals surface area contributed by atoms with Crippen LogP contribution in [0.1, 0.15) is 51.0 Å². The van der Waals surface area contributed by atoms with Crippen molar-refractivity contribution in [1.82, 2.24) is 5.32 Å². The molecule has 1 aliphatic rings. The van der Waals surface area contributed by atoms with Crippen LogP contribution < -0.4 is 10.1 Å². The maximum Gasteiger partial charge on any atom is 0.261 e. The summed E-state index contributed by atoms with van der Waals surface area (Å²) in [7, 11) is 0. The third-order valence-electron chi connectivity index (χ3n) is 4.33. The first kappa shape index (κ1) is 18.2. The molecule has 1 amide bonds. The van der Waals surface area contributed by atoms with Crippen molar-refractivity contribution in [2.45, 2.75) is 63.7 Å². The first-order chi connectivity index (χ1) is 11.2. The third kappa shape index (κ3) is 6.09. The molecule has 0 aromatic heterocycles. The van der Waals surface area contributed by atoms with E-state index in [1.807, 2.05) is 49.9 Å². The Morgan fingerprint density at radius 2 is 2.04 bits per heavy atom. The predicted octanol–water partition coefficient (Wildman–Crippen LogP) is 4.33. The molecule has 1 saturated carbocycles. The van der Waals surface area contributed by atoms with E-state index in [-0.39, 0.29) is 5.91 Å². The van der Waals surface area contributed by atoms with Crippen molar-refractivity contribution in [1.29, 1.82) is 0 Å². The predicted molar refractivity (Wildman–Crippen MR) is 98.2 cm³/mol. The molecule has 0 radical (unpaired) electrons. The molecule has 1 N–H and O–H groups in total. The maximum absolute atomic E-state index is 12.3. The number of carbonyl (C=O) groups excluding carboxylic acids is 1. The lowest BCUT2D eigenvalue weighted by atomic mass is 10.0. The van der Waals surface area contributed by atoms with Crippen LogP contribution in [-0.2, 0) is 4.79 Å². The minimum absolute atomic E-state index is 0.00000257. The van der Waals surface area contributed by atoms with Crippen molar-refractivity contribution in [3.8, 4) is 5.75 Å². The van der Waals surface area contributed by atoms with Gasteiger partial charge >= 0.3 is 0 Å². The van der Waals surface area contributed by atoms with Gasteiger partial charge in [-0.1, -0.05) is 44.4 Å². The molecule has 1 fully saturated rings. The van der Waals surface area contributed by atoms with E-state index in [9.17, 15) is 4.79 Å². The number of ether oxygens (including phenoxy) is 1. The van der Waals surface area contributed by atoms with Crippen molar-refractivity contribution < 1.29 is 9.53 Å². The highest BCUT2D eigenvalue weighted by Gasteiger charge is 2.19. The van der Waals surface area contributed by atoms with Gasteiger partial charge in [-0.15, -0.1) is 0 Å². The summed E-state index contributed by atoms with van der Waals surface area (Å²) >= 11 is 2.01. The number of rotatable bonds is 8. The van der Waals surface area contributed by atoms with Gasteiger partial charge in [0.2, 0.25) is 0 Å². The van der Waals surface area contributed by atoms with Crippen LogP contribution in [0.2, 0.25) is 0 Å². The van der Waals surface area contributed by atoms with Crippen LogP contribution in [0.15, 0.2) is 24.3 Å². The van der Waals surface area contributed by atoms with Gasteiger partial charge in [-0.25, -0.2) is 0 Å². The Morgan fingerprint density at radius 1 is 1.30 bits per heavy atom. The summed E-state index contributed by atoms with van der Waals surface area (Å²) in [5.74, 6) is 1.79. The summed E-state index contributed by atoms with van der Waals surface area (Å²) in [6.45, 7) is 4.72. The molecule has 0 saturated heterocycles. The van der Waals surface area contributed by atoms with Gasteiger partial charge in [-0.05, 0) is 37.8 Å². The van der Waals surface area contributed by atoms with Gasteiger partial charge in [0, 0.05) is 17.5 Å². The highest BCUT2D eigenvalue weighted by atomic mass is 32.2. The SMILES string of the molecule is CC[C@H](Oc1ccccc1C)C(=O)NCCSC1CCCCC1. The lowest BCUT2D eigenvalue weighted by molar-refractivity contribution is -0.128. The minimum Gasteiger partial charge on any atom is -0.480 e. The molecule has 23 heavy (non-hydrogen) atoms. The first-order valence-electron chi connectivity index (χ1n) is 8.82. The van der Waals surface area contributed by atoms with E-state index < -0.39 is 6.10 Å². The Morgan fingerprint density at radius 3 is 2.74 bits per heavy atom. The fourth-order valence-electron chi connectivity index (χ4n) is 2.91. The Labute approximate surface area is 144 Å². The van der Waals surface area contributed by atoms with E-state index in [2.05, 4.69) is 5.32 Å². The topological polar surface area (TPSA) is 38.3 Å². The van der Waals surface area contributed by atoms with E-state index in [4.69, 9.17) is 4.74 Å². The van der Waals surface area contributed by atoms with E-state index in [0.717, 1.165) is 28.9 Å². The Balaban J connectivity index is 1.71. The highest BCUT2D eigenvalue weighted by molar-refractivity contribution is 7.99. The lowest BCUT2D eigenvalue weighted by Crippen LogP contribution is -2.39. The maximum atomic E-state index is 12.3. The smallest absolute Gasteiger partial charge is 0.261 e. The summed E-state index contributed by atoms with van der Waals surface area (Å²) in [4.78, 5) is 12.3. The molecule has 0 spiro atoms. The monoisotopic (exact) mass is 335 g/mol. The van der Waals surface area contributed by atoms with E-state index in [0.29, 0.717) is 6.42 Å².